The predicted molar refractivity (Wildman–Crippen MR) is 109 cm³/mol. The summed E-state index contributed by atoms with van der Waals surface area (Å²) in [5.74, 6) is 3.29. The van der Waals surface area contributed by atoms with Gasteiger partial charge in [0.15, 0.2) is 5.96 Å². The summed E-state index contributed by atoms with van der Waals surface area (Å²) in [5, 5.41) is 6.29. The first-order valence-corrected chi connectivity index (χ1v) is 11.4. The summed E-state index contributed by atoms with van der Waals surface area (Å²) in [7, 11) is 0.135. The van der Waals surface area contributed by atoms with Crippen molar-refractivity contribution in [2.45, 2.75) is 6.42 Å². The van der Waals surface area contributed by atoms with Crippen molar-refractivity contribution in [2.75, 3.05) is 57.6 Å². The lowest BCUT2D eigenvalue weighted by Crippen LogP contribution is -2.44. The van der Waals surface area contributed by atoms with Gasteiger partial charge in [-0.3, -0.25) is 4.99 Å². The molecule has 1 aromatic carbocycles. The first kappa shape index (κ1) is 20.9. The van der Waals surface area contributed by atoms with E-state index in [0.717, 1.165) is 23.7 Å². The number of rotatable bonds is 8. The highest BCUT2D eigenvalue weighted by atomic mass is 32.2. The first-order chi connectivity index (χ1) is 12.5. The van der Waals surface area contributed by atoms with Gasteiger partial charge in [-0.1, -0.05) is 12.1 Å². The van der Waals surface area contributed by atoms with Crippen LogP contribution in [0.2, 0.25) is 0 Å². The topological polar surface area (TPSA) is 83.0 Å². The molecule has 0 radical (unpaired) electrons. The third kappa shape index (κ3) is 6.69. The summed E-state index contributed by atoms with van der Waals surface area (Å²) in [6.07, 6.45) is 0.842. The van der Waals surface area contributed by atoms with E-state index in [1.807, 2.05) is 24.3 Å². The van der Waals surface area contributed by atoms with Gasteiger partial charge in [-0.25, -0.2) is 12.7 Å². The highest BCUT2D eigenvalue weighted by molar-refractivity contribution is 7.99. The molecule has 0 bridgehead atoms. The van der Waals surface area contributed by atoms with Crippen molar-refractivity contribution < 1.29 is 13.2 Å². The number of thioether (sulfide) groups is 1. The van der Waals surface area contributed by atoms with Gasteiger partial charge in [-0.05, 0) is 24.1 Å². The Morgan fingerprint density at radius 3 is 2.46 bits per heavy atom. The van der Waals surface area contributed by atoms with Gasteiger partial charge in [0.1, 0.15) is 5.75 Å². The number of hydrogen-bond donors (Lipinski definition) is 2. The van der Waals surface area contributed by atoms with Gasteiger partial charge in [0.25, 0.3) is 0 Å². The molecular weight excluding hydrogens is 372 g/mol. The summed E-state index contributed by atoms with van der Waals surface area (Å²) in [4.78, 5) is 4.14. The van der Waals surface area contributed by atoms with E-state index in [9.17, 15) is 8.42 Å². The van der Waals surface area contributed by atoms with Gasteiger partial charge in [0, 0.05) is 44.7 Å². The van der Waals surface area contributed by atoms with Crippen LogP contribution in [0.25, 0.3) is 0 Å². The fraction of sp³-hybridized carbons (Fsp3) is 0.588. The van der Waals surface area contributed by atoms with Crippen LogP contribution in [0, 0.1) is 0 Å². The number of nitrogens with zero attached hydrogens (tertiary/aromatic N) is 2. The zero-order valence-corrected chi connectivity index (χ0v) is 17.0. The van der Waals surface area contributed by atoms with Crippen LogP contribution >= 0.6 is 11.8 Å². The molecule has 2 rings (SSSR count). The summed E-state index contributed by atoms with van der Waals surface area (Å²) >= 11 is 1.80. The maximum absolute atomic E-state index is 12.3. The molecule has 9 heteroatoms. The number of methoxy groups -OCH3 is 1. The molecule has 1 fully saturated rings. The predicted octanol–water partition coefficient (Wildman–Crippen LogP) is 0.781. The Labute approximate surface area is 160 Å². The van der Waals surface area contributed by atoms with Gasteiger partial charge in [-0.15, -0.1) is 0 Å². The zero-order chi connectivity index (χ0) is 18.8. The van der Waals surface area contributed by atoms with Crippen LogP contribution in [0.1, 0.15) is 5.56 Å². The van der Waals surface area contributed by atoms with Gasteiger partial charge >= 0.3 is 0 Å². The Morgan fingerprint density at radius 2 is 1.85 bits per heavy atom. The molecule has 0 aromatic heterocycles. The molecule has 0 saturated carbocycles. The number of benzene rings is 1. The Hall–Kier alpha value is -1.45. The SMILES string of the molecule is CN=C(NCCc1ccc(OC)cc1)NCCS(=O)(=O)N1CCSCC1. The zero-order valence-electron chi connectivity index (χ0n) is 15.4. The minimum Gasteiger partial charge on any atom is -0.497 e. The molecule has 0 aliphatic carbocycles. The molecular formula is C17H28N4O3S2. The minimum atomic E-state index is -3.19. The molecule has 146 valence electrons. The quantitative estimate of drug-likeness (QED) is 0.496. The van der Waals surface area contributed by atoms with Crippen LogP contribution in [0.4, 0.5) is 0 Å². The second-order valence-corrected chi connectivity index (χ2v) is 9.16. The fourth-order valence-corrected chi connectivity index (χ4v) is 5.08. The van der Waals surface area contributed by atoms with E-state index in [2.05, 4.69) is 15.6 Å². The van der Waals surface area contributed by atoms with E-state index >= 15 is 0 Å². The van der Waals surface area contributed by atoms with E-state index < -0.39 is 10.0 Å². The van der Waals surface area contributed by atoms with E-state index in [4.69, 9.17) is 4.74 Å². The maximum atomic E-state index is 12.3. The number of guanidine groups is 1. The second-order valence-electron chi connectivity index (χ2n) is 5.85. The van der Waals surface area contributed by atoms with Crippen molar-refractivity contribution in [2.24, 2.45) is 4.99 Å². The normalized spacial score (nSPS) is 16.3. The first-order valence-electron chi connectivity index (χ1n) is 8.68. The molecule has 0 amide bonds. The van der Waals surface area contributed by atoms with Crippen LogP contribution in [-0.4, -0.2) is 76.3 Å². The number of hydrogen-bond acceptors (Lipinski definition) is 5. The second kappa shape index (κ2) is 10.6. The summed E-state index contributed by atoms with van der Waals surface area (Å²) in [5.41, 5.74) is 1.19. The maximum Gasteiger partial charge on any atom is 0.215 e. The Kier molecular flexibility index (Phi) is 8.53. The van der Waals surface area contributed by atoms with Crippen LogP contribution in [-0.2, 0) is 16.4 Å². The lowest BCUT2D eigenvalue weighted by molar-refractivity contribution is 0.414. The molecule has 0 spiro atoms. The number of ether oxygens (including phenoxy) is 1. The van der Waals surface area contributed by atoms with Crippen LogP contribution in [0.3, 0.4) is 0 Å². The molecule has 7 nitrogen and oxygen atoms in total. The molecule has 1 aliphatic heterocycles. The lowest BCUT2D eigenvalue weighted by Gasteiger charge is -2.25. The van der Waals surface area contributed by atoms with E-state index in [1.165, 1.54) is 5.56 Å². The van der Waals surface area contributed by atoms with Gasteiger partial charge in [0.2, 0.25) is 10.0 Å². The van der Waals surface area contributed by atoms with Crippen molar-refractivity contribution in [3.63, 3.8) is 0 Å². The Morgan fingerprint density at radius 1 is 1.19 bits per heavy atom. The highest BCUT2D eigenvalue weighted by Crippen LogP contribution is 2.13. The molecule has 26 heavy (non-hydrogen) atoms. The number of aliphatic imine (C=N–C) groups is 1. The van der Waals surface area contributed by atoms with E-state index in [1.54, 1.807) is 30.2 Å². The fourth-order valence-electron chi connectivity index (χ4n) is 2.59. The van der Waals surface area contributed by atoms with Gasteiger partial charge in [-0.2, -0.15) is 11.8 Å². The number of sulfonamides is 1. The van der Waals surface area contributed by atoms with E-state index in [-0.39, 0.29) is 5.75 Å². The third-order valence-electron chi connectivity index (χ3n) is 4.10. The molecule has 2 N–H and O–H groups in total. The molecule has 1 saturated heterocycles. The molecule has 0 unspecified atom stereocenters. The van der Waals surface area contributed by atoms with Crippen molar-refractivity contribution in [3.05, 3.63) is 29.8 Å². The average Bonchev–Trinajstić information content (AvgIpc) is 2.68. The highest BCUT2D eigenvalue weighted by Gasteiger charge is 2.23. The smallest absolute Gasteiger partial charge is 0.215 e. The summed E-state index contributed by atoms with van der Waals surface area (Å²) in [6, 6.07) is 7.93. The van der Waals surface area contributed by atoms with Crippen LogP contribution in [0.5, 0.6) is 5.75 Å². The molecule has 1 aromatic rings. The monoisotopic (exact) mass is 400 g/mol. The Bertz CT molecular complexity index is 672. The van der Waals surface area contributed by atoms with Crippen molar-refractivity contribution in [1.82, 2.24) is 14.9 Å². The third-order valence-corrected chi connectivity index (χ3v) is 6.92. The molecule has 1 aliphatic rings. The minimum absolute atomic E-state index is 0.0802. The van der Waals surface area contributed by atoms with Crippen LogP contribution in [0.15, 0.2) is 29.3 Å². The standard InChI is InChI=1S/C17H28N4O3S2/c1-18-17(19-8-7-15-3-5-16(24-2)6-4-15)20-9-14-26(22,23)21-10-12-25-13-11-21/h3-6H,7-14H2,1-2H3,(H2,18,19,20). The lowest BCUT2D eigenvalue weighted by atomic mass is 10.1. The largest absolute Gasteiger partial charge is 0.497 e. The number of nitrogens with one attached hydrogen (secondary N) is 2. The van der Waals surface area contributed by atoms with E-state index in [0.29, 0.717) is 32.1 Å². The summed E-state index contributed by atoms with van der Waals surface area (Å²) < 4.78 is 31.4. The van der Waals surface area contributed by atoms with Gasteiger partial charge in [0.05, 0.1) is 12.9 Å². The molecule has 0 atom stereocenters. The van der Waals surface area contributed by atoms with Crippen molar-refractivity contribution in [1.29, 1.82) is 0 Å². The summed E-state index contributed by atoms with van der Waals surface area (Å²) in [6.45, 7) is 2.28. The van der Waals surface area contributed by atoms with Crippen molar-refractivity contribution >= 4 is 27.7 Å². The average molecular weight is 401 g/mol. The Balaban J connectivity index is 1.70. The van der Waals surface area contributed by atoms with Crippen molar-refractivity contribution in [3.8, 4) is 5.75 Å². The van der Waals surface area contributed by atoms with Crippen LogP contribution < -0.4 is 15.4 Å². The molecule has 1 heterocycles. The van der Waals surface area contributed by atoms with Gasteiger partial charge < -0.3 is 15.4 Å².